The molecule has 1 saturated carbocycles. The van der Waals surface area contributed by atoms with Gasteiger partial charge in [0.25, 0.3) is 0 Å². The molecular formula is C20H31N3O3S. The topological polar surface area (TPSA) is 69.7 Å². The summed E-state index contributed by atoms with van der Waals surface area (Å²) in [5.74, 6) is 0.624. The Kier molecular flexibility index (Phi) is 6.89. The van der Waals surface area contributed by atoms with Gasteiger partial charge in [0.2, 0.25) is 15.9 Å². The van der Waals surface area contributed by atoms with Crippen molar-refractivity contribution in [3.63, 3.8) is 0 Å². The molecule has 6 nitrogen and oxygen atoms in total. The van der Waals surface area contributed by atoms with Gasteiger partial charge in [0, 0.05) is 32.7 Å². The summed E-state index contributed by atoms with van der Waals surface area (Å²) < 4.78 is 26.1. The van der Waals surface area contributed by atoms with Crippen LogP contribution in [0.25, 0.3) is 0 Å². The molecule has 0 aromatic heterocycles. The smallest absolute Gasteiger partial charge is 0.243 e. The maximum atomic E-state index is 12.5. The van der Waals surface area contributed by atoms with Crippen molar-refractivity contribution in [2.45, 2.75) is 49.5 Å². The molecule has 2 fully saturated rings. The summed E-state index contributed by atoms with van der Waals surface area (Å²) in [4.78, 5) is 15.1. The first-order chi connectivity index (χ1) is 12.9. The molecule has 150 valence electrons. The number of hydrogen-bond donors (Lipinski definition) is 1. The lowest BCUT2D eigenvalue weighted by Gasteiger charge is -2.34. The summed E-state index contributed by atoms with van der Waals surface area (Å²) in [6.45, 7) is 3.07. The first-order valence-corrected chi connectivity index (χ1v) is 11.4. The average Bonchev–Trinajstić information content (AvgIpc) is 3.17. The van der Waals surface area contributed by atoms with Crippen LogP contribution in [0.5, 0.6) is 0 Å². The third-order valence-electron chi connectivity index (χ3n) is 5.76. The molecule has 0 spiro atoms. The second-order valence-electron chi connectivity index (χ2n) is 7.87. The number of likely N-dealkylation sites (tertiary alicyclic amines) is 1. The van der Waals surface area contributed by atoms with Crippen molar-refractivity contribution >= 4 is 15.9 Å². The molecule has 1 aromatic carbocycles. The number of amides is 1. The molecule has 27 heavy (non-hydrogen) atoms. The number of carbonyl (C=O) groups excluding carboxylic acids is 1. The summed E-state index contributed by atoms with van der Waals surface area (Å²) in [5, 5.41) is 3.02. The number of nitrogens with zero attached hydrogens (tertiary/aromatic N) is 2. The van der Waals surface area contributed by atoms with Crippen molar-refractivity contribution in [1.29, 1.82) is 0 Å². The van der Waals surface area contributed by atoms with E-state index in [2.05, 4.69) is 10.2 Å². The fourth-order valence-electron chi connectivity index (χ4n) is 4.15. The van der Waals surface area contributed by atoms with E-state index in [-0.39, 0.29) is 23.4 Å². The van der Waals surface area contributed by atoms with E-state index in [4.69, 9.17) is 0 Å². The molecule has 1 heterocycles. The van der Waals surface area contributed by atoms with Crippen LogP contribution >= 0.6 is 0 Å². The molecule has 7 heteroatoms. The van der Waals surface area contributed by atoms with Crippen molar-refractivity contribution in [3.8, 4) is 0 Å². The lowest BCUT2D eigenvalue weighted by molar-refractivity contribution is -0.122. The molecule has 1 saturated heterocycles. The number of nitrogens with one attached hydrogen (secondary N) is 1. The van der Waals surface area contributed by atoms with Gasteiger partial charge < -0.3 is 10.2 Å². The predicted octanol–water partition coefficient (Wildman–Crippen LogP) is 2.08. The van der Waals surface area contributed by atoms with E-state index in [0.717, 1.165) is 36.2 Å². The Bertz CT molecular complexity index is 709. The second-order valence-corrected chi connectivity index (χ2v) is 9.91. The Labute approximate surface area is 163 Å². The Morgan fingerprint density at radius 1 is 1.11 bits per heavy atom. The van der Waals surface area contributed by atoms with Crippen molar-refractivity contribution in [2.75, 3.05) is 33.2 Å². The Morgan fingerprint density at radius 3 is 2.37 bits per heavy atom. The molecule has 1 aliphatic heterocycles. The van der Waals surface area contributed by atoms with Crippen molar-refractivity contribution in [3.05, 3.63) is 30.3 Å². The van der Waals surface area contributed by atoms with Crippen LogP contribution in [0.4, 0.5) is 0 Å². The number of rotatable bonds is 7. The summed E-state index contributed by atoms with van der Waals surface area (Å²) in [6, 6.07) is 8.36. The van der Waals surface area contributed by atoms with Crippen LogP contribution in [-0.4, -0.2) is 62.8 Å². The zero-order valence-corrected chi connectivity index (χ0v) is 17.0. The third kappa shape index (κ3) is 5.53. The molecular weight excluding hydrogens is 362 g/mol. The molecule has 1 aliphatic carbocycles. The lowest BCUT2D eigenvalue weighted by atomic mass is 10.0. The van der Waals surface area contributed by atoms with Crippen molar-refractivity contribution in [2.24, 2.45) is 5.92 Å². The fraction of sp³-hybridized carbons (Fsp3) is 0.650. The maximum Gasteiger partial charge on any atom is 0.243 e. The molecule has 1 aromatic rings. The van der Waals surface area contributed by atoms with Gasteiger partial charge in [-0.05, 0) is 43.7 Å². The quantitative estimate of drug-likeness (QED) is 0.770. The predicted molar refractivity (Wildman–Crippen MR) is 106 cm³/mol. The largest absolute Gasteiger partial charge is 0.352 e. The van der Waals surface area contributed by atoms with Gasteiger partial charge in [-0.1, -0.05) is 31.0 Å². The summed E-state index contributed by atoms with van der Waals surface area (Å²) in [6.07, 6.45) is 7.34. The van der Waals surface area contributed by atoms with E-state index in [1.54, 1.807) is 30.3 Å². The van der Waals surface area contributed by atoms with Crippen LogP contribution in [0.3, 0.4) is 0 Å². The highest BCUT2D eigenvalue weighted by Crippen LogP contribution is 2.26. The number of hydrogen-bond acceptors (Lipinski definition) is 4. The monoisotopic (exact) mass is 393 g/mol. The van der Waals surface area contributed by atoms with E-state index < -0.39 is 10.0 Å². The van der Waals surface area contributed by atoms with Crippen LogP contribution in [-0.2, 0) is 14.8 Å². The van der Waals surface area contributed by atoms with Crippen LogP contribution in [0.2, 0.25) is 0 Å². The van der Waals surface area contributed by atoms with Crippen LogP contribution in [0.15, 0.2) is 35.2 Å². The van der Waals surface area contributed by atoms with Gasteiger partial charge in [-0.2, -0.15) is 4.31 Å². The van der Waals surface area contributed by atoms with E-state index in [1.165, 1.54) is 39.3 Å². The zero-order valence-electron chi connectivity index (χ0n) is 16.1. The number of piperidine rings is 1. The van der Waals surface area contributed by atoms with Crippen molar-refractivity contribution in [1.82, 2.24) is 14.5 Å². The normalized spacial score (nSPS) is 20.2. The van der Waals surface area contributed by atoms with Crippen LogP contribution in [0.1, 0.15) is 38.5 Å². The average molecular weight is 394 g/mol. The Balaban J connectivity index is 1.43. The Morgan fingerprint density at radius 2 is 1.74 bits per heavy atom. The van der Waals surface area contributed by atoms with Gasteiger partial charge in [0.1, 0.15) is 0 Å². The van der Waals surface area contributed by atoms with Gasteiger partial charge in [0.05, 0.1) is 11.4 Å². The molecule has 2 aliphatic rings. The molecule has 1 amide bonds. The first kappa shape index (κ1) is 20.3. The highest BCUT2D eigenvalue weighted by Gasteiger charge is 2.26. The van der Waals surface area contributed by atoms with Gasteiger partial charge in [-0.15, -0.1) is 0 Å². The number of likely N-dealkylation sites (N-methyl/N-ethyl adjacent to an activating group) is 1. The minimum atomic E-state index is -3.63. The lowest BCUT2D eigenvalue weighted by Crippen LogP contribution is -2.48. The second kappa shape index (κ2) is 9.17. The summed E-state index contributed by atoms with van der Waals surface area (Å²) in [5.41, 5.74) is 0. The summed E-state index contributed by atoms with van der Waals surface area (Å²) in [7, 11) is -2.18. The Hall–Kier alpha value is -1.44. The highest BCUT2D eigenvalue weighted by atomic mass is 32.2. The fourth-order valence-corrected chi connectivity index (χ4v) is 5.30. The highest BCUT2D eigenvalue weighted by molar-refractivity contribution is 7.89. The van der Waals surface area contributed by atoms with Crippen LogP contribution < -0.4 is 5.32 Å². The van der Waals surface area contributed by atoms with E-state index in [1.807, 2.05) is 0 Å². The standard InChI is InChI=1S/C20H31N3O3S/c1-22(27(25,26)19-9-3-2-4-10-19)16-20(24)21-18-11-13-23(14-12-18)15-17-7-5-6-8-17/h2-4,9-10,17-18H,5-8,11-16H2,1H3,(H,21,24). The number of carbonyl (C=O) groups is 1. The minimum Gasteiger partial charge on any atom is -0.352 e. The molecule has 0 bridgehead atoms. The van der Waals surface area contributed by atoms with E-state index >= 15 is 0 Å². The van der Waals surface area contributed by atoms with Gasteiger partial charge >= 0.3 is 0 Å². The van der Waals surface area contributed by atoms with Gasteiger partial charge in [-0.25, -0.2) is 8.42 Å². The van der Waals surface area contributed by atoms with Crippen molar-refractivity contribution < 1.29 is 13.2 Å². The molecule has 0 atom stereocenters. The molecule has 3 rings (SSSR count). The molecule has 0 radical (unpaired) electrons. The maximum absolute atomic E-state index is 12.5. The number of benzene rings is 1. The zero-order chi connectivity index (χ0) is 19.3. The SMILES string of the molecule is CN(CC(=O)NC1CCN(CC2CCCC2)CC1)S(=O)(=O)c1ccccc1. The third-order valence-corrected chi connectivity index (χ3v) is 7.58. The van der Waals surface area contributed by atoms with Crippen LogP contribution in [0, 0.1) is 5.92 Å². The number of sulfonamides is 1. The van der Waals surface area contributed by atoms with Gasteiger partial charge in [-0.3, -0.25) is 4.79 Å². The van der Waals surface area contributed by atoms with Gasteiger partial charge in [0.15, 0.2) is 0 Å². The van der Waals surface area contributed by atoms with E-state index in [0.29, 0.717) is 0 Å². The molecule has 0 unspecified atom stereocenters. The van der Waals surface area contributed by atoms with E-state index in [9.17, 15) is 13.2 Å². The minimum absolute atomic E-state index is 0.144. The summed E-state index contributed by atoms with van der Waals surface area (Å²) >= 11 is 0. The first-order valence-electron chi connectivity index (χ1n) is 9.98. The molecule has 1 N–H and O–H groups in total.